The van der Waals surface area contributed by atoms with Crippen LogP contribution < -0.4 is 0 Å². The van der Waals surface area contributed by atoms with Gasteiger partial charge in [0.15, 0.2) is 0 Å². The number of halogens is 4. The van der Waals surface area contributed by atoms with Crippen molar-refractivity contribution in [2.75, 3.05) is 0 Å². The van der Waals surface area contributed by atoms with E-state index in [0.29, 0.717) is 26.2 Å². The summed E-state index contributed by atoms with van der Waals surface area (Å²) in [4.78, 5) is 0. The molecule has 0 atom stereocenters. The maximum Gasteiger partial charge on any atom is 0.0791 e. The molecule has 1 rings (SSSR count). The fourth-order valence-electron chi connectivity index (χ4n) is 1.03. The van der Waals surface area contributed by atoms with Crippen LogP contribution in [0.1, 0.15) is 11.1 Å². The van der Waals surface area contributed by atoms with Crippen LogP contribution in [0.2, 0.25) is 20.1 Å². The Labute approximate surface area is 103 Å². The smallest absolute Gasteiger partial charge is 0.0791 e. The summed E-state index contributed by atoms with van der Waals surface area (Å²) in [6.45, 7) is 7.19. The highest BCUT2D eigenvalue weighted by Crippen LogP contribution is 2.42. The van der Waals surface area contributed by atoms with Crippen molar-refractivity contribution in [2.24, 2.45) is 0 Å². The van der Waals surface area contributed by atoms with Gasteiger partial charge in [-0.2, -0.15) is 0 Å². The maximum absolute atomic E-state index is 6.02. The normalized spacial score (nSPS) is 10.0. The molecule has 14 heavy (non-hydrogen) atoms. The molecule has 0 aliphatic rings. The molecule has 0 fully saturated rings. The second-order valence-corrected chi connectivity index (χ2v) is 4.00. The van der Waals surface area contributed by atoms with E-state index < -0.39 is 0 Å². The van der Waals surface area contributed by atoms with Gasteiger partial charge in [-0.3, -0.25) is 0 Å². The first-order valence-corrected chi connectivity index (χ1v) is 5.16. The van der Waals surface area contributed by atoms with Gasteiger partial charge in [0.1, 0.15) is 0 Å². The van der Waals surface area contributed by atoms with E-state index in [0.717, 1.165) is 0 Å². The monoisotopic (exact) mass is 266 g/mol. The summed E-state index contributed by atoms with van der Waals surface area (Å²) in [5.74, 6) is 0. The Bertz CT molecular complexity index is 372. The number of rotatable bonds is 2. The van der Waals surface area contributed by atoms with E-state index >= 15 is 0 Å². The van der Waals surface area contributed by atoms with E-state index in [2.05, 4.69) is 13.2 Å². The predicted octanol–water partition coefficient (Wildman–Crippen LogP) is 5.59. The molecule has 0 saturated carbocycles. The topological polar surface area (TPSA) is 0 Å². The molecule has 0 nitrogen and oxygen atoms in total. The van der Waals surface area contributed by atoms with Gasteiger partial charge in [-0.15, -0.1) is 0 Å². The third-order valence-electron chi connectivity index (χ3n) is 1.74. The highest BCUT2D eigenvalue weighted by atomic mass is 35.5. The van der Waals surface area contributed by atoms with E-state index in [9.17, 15) is 0 Å². The van der Waals surface area contributed by atoms with E-state index in [1.807, 2.05) is 0 Å². The first-order valence-electron chi connectivity index (χ1n) is 3.65. The average molecular weight is 268 g/mol. The highest BCUT2D eigenvalue weighted by Gasteiger charge is 2.16. The Balaban J connectivity index is 3.72. The van der Waals surface area contributed by atoms with Crippen LogP contribution in [-0.2, 0) is 0 Å². The van der Waals surface area contributed by atoms with Crippen LogP contribution in [0.25, 0.3) is 12.2 Å². The van der Waals surface area contributed by atoms with Crippen LogP contribution in [0.3, 0.4) is 0 Å². The molecule has 0 aromatic heterocycles. The van der Waals surface area contributed by atoms with Crippen LogP contribution in [0.4, 0.5) is 0 Å². The molecule has 74 valence electrons. The molecule has 4 heteroatoms. The minimum Gasteiger partial charge on any atom is -0.0984 e. The molecule has 0 aliphatic carbocycles. The van der Waals surface area contributed by atoms with Crippen molar-refractivity contribution < 1.29 is 0 Å². The van der Waals surface area contributed by atoms with E-state index in [-0.39, 0.29) is 5.02 Å². The molecule has 0 heterocycles. The fraction of sp³-hybridized carbons (Fsp3) is 0. The van der Waals surface area contributed by atoms with Crippen molar-refractivity contribution >= 4 is 58.6 Å². The summed E-state index contributed by atoms with van der Waals surface area (Å²) in [7, 11) is 0. The van der Waals surface area contributed by atoms with Gasteiger partial charge in [-0.1, -0.05) is 71.7 Å². The Morgan fingerprint density at radius 2 is 1.00 bits per heavy atom. The van der Waals surface area contributed by atoms with Crippen molar-refractivity contribution in [3.05, 3.63) is 44.4 Å². The van der Waals surface area contributed by atoms with Gasteiger partial charge in [-0.05, 0) is 0 Å². The Morgan fingerprint density at radius 1 is 0.643 bits per heavy atom. The summed E-state index contributed by atoms with van der Waals surface area (Å²) >= 11 is 23.8. The van der Waals surface area contributed by atoms with Gasteiger partial charge in [0.05, 0.1) is 20.1 Å². The van der Waals surface area contributed by atoms with Crippen molar-refractivity contribution in [1.82, 2.24) is 0 Å². The SMILES string of the molecule is C=Cc1c(Cl)c(Cl)c(Cl)c(C=C)c1Cl. The van der Waals surface area contributed by atoms with Crippen LogP contribution in [0.5, 0.6) is 0 Å². The lowest BCUT2D eigenvalue weighted by atomic mass is 10.1. The molecule has 1 aromatic carbocycles. The summed E-state index contributed by atoms with van der Waals surface area (Å²) in [6, 6.07) is 0. The molecule has 0 amide bonds. The first kappa shape index (κ1) is 11.9. The molecular weight excluding hydrogens is 262 g/mol. The summed E-state index contributed by atoms with van der Waals surface area (Å²) in [5, 5.41) is 1.29. The van der Waals surface area contributed by atoms with Crippen LogP contribution >= 0.6 is 46.4 Å². The lowest BCUT2D eigenvalue weighted by molar-refractivity contribution is 1.61. The van der Waals surface area contributed by atoms with Gasteiger partial charge in [0, 0.05) is 11.1 Å². The lowest BCUT2D eigenvalue weighted by Gasteiger charge is -2.10. The second-order valence-electron chi connectivity index (χ2n) is 2.49. The van der Waals surface area contributed by atoms with E-state index in [1.54, 1.807) is 0 Å². The Morgan fingerprint density at radius 3 is 1.29 bits per heavy atom. The van der Waals surface area contributed by atoms with Gasteiger partial charge in [-0.25, -0.2) is 0 Å². The Kier molecular flexibility index (Phi) is 3.91. The molecular formula is C10H6Cl4. The lowest BCUT2D eigenvalue weighted by Crippen LogP contribution is -1.87. The van der Waals surface area contributed by atoms with Crippen molar-refractivity contribution in [3.63, 3.8) is 0 Å². The third kappa shape index (κ3) is 1.80. The number of hydrogen-bond donors (Lipinski definition) is 0. The fourth-order valence-corrected chi connectivity index (χ4v) is 2.25. The van der Waals surface area contributed by atoms with E-state index in [4.69, 9.17) is 46.4 Å². The first-order chi connectivity index (χ1) is 6.54. The minimum absolute atomic E-state index is 0.266. The average Bonchev–Trinajstić information content (AvgIpc) is 2.16. The zero-order chi connectivity index (χ0) is 10.9. The van der Waals surface area contributed by atoms with Crippen molar-refractivity contribution in [2.45, 2.75) is 0 Å². The molecule has 0 unspecified atom stereocenters. The second kappa shape index (κ2) is 4.59. The molecule has 0 bridgehead atoms. The molecule has 0 radical (unpaired) electrons. The van der Waals surface area contributed by atoms with E-state index in [1.165, 1.54) is 12.2 Å². The van der Waals surface area contributed by atoms with Gasteiger partial charge >= 0.3 is 0 Å². The standard InChI is InChI=1S/C10H6Cl4/c1-3-5-7(11)6(4-2)9(13)10(14)8(5)12/h3-4H,1-2H2. The highest BCUT2D eigenvalue weighted by molar-refractivity contribution is 6.51. The molecule has 0 N–H and O–H groups in total. The van der Waals surface area contributed by atoms with Crippen LogP contribution in [0, 0.1) is 0 Å². The van der Waals surface area contributed by atoms with Crippen molar-refractivity contribution in [3.8, 4) is 0 Å². The van der Waals surface area contributed by atoms with Crippen LogP contribution in [-0.4, -0.2) is 0 Å². The third-order valence-corrected chi connectivity index (χ3v) is 3.50. The van der Waals surface area contributed by atoms with Crippen molar-refractivity contribution in [1.29, 1.82) is 0 Å². The van der Waals surface area contributed by atoms with Gasteiger partial charge < -0.3 is 0 Å². The summed E-state index contributed by atoms with van der Waals surface area (Å²) in [6.07, 6.45) is 3.06. The largest absolute Gasteiger partial charge is 0.0984 e. The molecule has 0 aliphatic heterocycles. The molecule has 0 saturated heterocycles. The van der Waals surface area contributed by atoms with Crippen LogP contribution in [0.15, 0.2) is 13.2 Å². The number of hydrogen-bond acceptors (Lipinski definition) is 0. The zero-order valence-electron chi connectivity index (χ0n) is 7.08. The van der Waals surface area contributed by atoms with Gasteiger partial charge in [0.2, 0.25) is 0 Å². The maximum atomic E-state index is 6.02. The Hall–Kier alpha value is -0.140. The number of benzene rings is 1. The molecule has 1 aromatic rings. The predicted molar refractivity (Wildman–Crippen MR) is 66.7 cm³/mol. The van der Waals surface area contributed by atoms with Gasteiger partial charge in [0.25, 0.3) is 0 Å². The summed E-state index contributed by atoms with van der Waals surface area (Å²) in [5.41, 5.74) is 1.13. The minimum atomic E-state index is 0.266. The zero-order valence-corrected chi connectivity index (χ0v) is 10.1. The summed E-state index contributed by atoms with van der Waals surface area (Å²) < 4.78 is 0. The molecule has 0 spiro atoms. The quantitative estimate of drug-likeness (QED) is 0.484.